The summed E-state index contributed by atoms with van der Waals surface area (Å²) in [4.78, 5) is 8.98. The number of hydrogen-bond donors (Lipinski definition) is 1. The van der Waals surface area contributed by atoms with Gasteiger partial charge in [-0.2, -0.15) is 0 Å². The van der Waals surface area contributed by atoms with Gasteiger partial charge in [-0.1, -0.05) is 18.2 Å². The average Bonchev–Trinajstić information content (AvgIpc) is 2.53. The summed E-state index contributed by atoms with van der Waals surface area (Å²) in [6, 6.07) is 10.4. The van der Waals surface area contributed by atoms with Crippen LogP contribution in [-0.4, -0.2) is 44.1 Å². The number of guanidine groups is 1. The highest BCUT2D eigenvalue weighted by Crippen LogP contribution is 2.11. The molecule has 1 aromatic carbocycles. The van der Waals surface area contributed by atoms with Crippen LogP contribution in [-0.2, 0) is 0 Å². The van der Waals surface area contributed by atoms with E-state index in [2.05, 4.69) is 46.1 Å². The molecule has 1 heterocycles. The number of rotatable bonds is 5. The molecule has 0 spiro atoms. The number of para-hydroxylation sites is 1. The Morgan fingerprint density at radius 3 is 2.60 bits per heavy atom. The summed E-state index contributed by atoms with van der Waals surface area (Å²) < 4.78 is 0. The number of benzene rings is 1. The molecule has 0 bridgehead atoms. The molecule has 0 aromatic heterocycles. The van der Waals surface area contributed by atoms with Crippen molar-refractivity contribution in [1.82, 2.24) is 4.90 Å². The zero-order valence-electron chi connectivity index (χ0n) is 12.5. The van der Waals surface area contributed by atoms with Crippen molar-refractivity contribution in [2.75, 3.05) is 38.1 Å². The van der Waals surface area contributed by atoms with Gasteiger partial charge in [0.25, 0.3) is 0 Å². The third-order valence-electron chi connectivity index (χ3n) is 3.80. The quantitative estimate of drug-likeness (QED) is 0.509. The van der Waals surface area contributed by atoms with Gasteiger partial charge in [0.2, 0.25) is 0 Å². The van der Waals surface area contributed by atoms with Gasteiger partial charge in [0.1, 0.15) is 0 Å². The fourth-order valence-electron chi connectivity index (χ4n) is 2.54. The third-order valence-corrected chi connectivity index (χ3v) is 3.80. The smallest absolute Gasteiger partial charge is 0.191 e. The molecular weight excluding hydrogens is 248 g/mol. The second-order valence-electron chi connectivity index (χ2n) is 5.40. The van der Waals surface area contributed by atoms with E-state index in [-0.39, 0.29) is 0 Å². The van der Waals surface area contributed by atoms with E-state index in [1.807, 2.05) is 6.07 Å². The van der Waals surface area contributed by atoms with Gasteiger partial charge in [-0.3, -0.25) is 4.99 Å². The predicted molar refractivity (Wildman–Crippen MR) is 86.2 cm³/mol. The Kier molecular flexibility index (Phi) is 5.71. The molecule has 4 heteroatoms. The maximum atomic E-state index is 6.04. The van der Waals surface area contributed by atoms with Gasteiger partial charge >= 0.3 is 0 Å². The molecule has 110 valence electrons. The van der Waals surface area contributed by atoms with Crippen molar-refractivity contribution in [3.63, 3.8) is 0 Å². The molecule has 0 radical (unpaired) electrons. The zero-order valence-corrected chi connectivity index (χ0v) is 12.5. The van der Waals surface area contributed by atoms with E-state index in [4.69, 9.17) is 5.73 Å². The van der Waals surface area contributed by atoms with Gasteiger partial charge in [0.05, 0.1) is 0 Å². The Labute approximate surface area is 122 Å². The summed E-state index contributed by atoms with van der Waals surface area (Å²) in [5.41, 5.74) is 7.29. The van der Waals surface area contributed by atoms with Gasteiger partial charge in [0, 0.05) is 38.9 Å². The summed E-state index contributed by atoms with van der Waals surface area (Å²) in [5, 5.41) is 0. The van der Waals surface area contributed by atoms with Crippen LogP contribution in [0, 0.1) is 0 Å². The van der Waals surface area contributed by atoms with Crippen LogP contribution in [0.4, 0.5) is 5.69 Å². The first-order valence-electron chi connectivity index (χ1n) is 7.58. The van der Waals surface area contributed by atoms with Crippen LogP contribution in [0.25, 0.3) is 0 Å². The lowest BCUT2D eigenvalue weighted by molar-refractivity contribution is 0.338. The van der Waals surface area contributed by atoms with Crippen molar-refractivity contribution in [3.05, 3.63) is 30.3 Å². The topological polar surface area (TPSA) is 44.9 Å². The first-order valence-corrected chi connectivity index (χ1v) is 7.58. The Balaban J connectivity index is 1.70. The highest BCUT2D eigenvalue weighted by atomic mass is 15.2. The number of nitrogens with zero attached hydrogens (tertiary/aromatic N) is 3. The molecular formula is C16H26N4. The van der Waals surface area contributed by atoms with Crippen molar-refractivity contribution in [2.24, 2.45) is 10.7 Å². The van der Waals surface area contributed by atoms with Crippen LogP contribution in [0.15, 0.2) is 35.3 Å². The minimum Gasteiger partial charge on any atom is -0.375 e. The lowest BCUT2D eigenvalue weighted by Crippen LogP contribution is -2.41. The van der Waals surface area contributed by atoms with Crippen molar-refractivity contribution in [3.8, 4) is 0 Å². The molecule has 0 atom stereocenters. The van der Waals surface area contributed by atoms with Gasteiger partial charge in [-0.15, -0.1) is 0 Å². The fraction of sp³-hybridized carbons (Fsp3) is 0.562. The molecule has 0 amide bonds. The van der Waals surface area contributed by atoms with Crippen LogP contribution in [0.3, 0.4) is 0 Å². The fourth-order valence-corrected chi connectivity index (χ4v) is 2.54. The first-order chi connectivity index (χ1) is 9.77. The second kappa shape index (κ2) is 7.78. The molecule has 1 aliphatic rings. The Hall–Kier alpha value is -1.71. The monoisotopic (exact) mass is 274 g/mol. The molecule has 0 saturated carbocycles. The summed E-state index contributed by atoms with van der Waals surface area (Å²) in [5.74, 6) is 0.729. The van der Waals surface area contributed by atoms with Crippen LogP contribution >= 0.6 is 0 Å². The molecule has 0 aliphatic carbocycles. The van der Waals surface area contributed by atoms with Gasteiger partial charge < -0.3 is 15.5 Å². The van der Waals surface area contributed by atoms with Crippen molar-refractivity contribution >= 4 is 11.6 Å². The number of likely N-dealkylation sites (tertiary alicyclic amines) is 1. The third kappa shape index (κ3) is 4.44. The molecule has 2 N–H and O–H groups in total. The Bertz CT molecular complexity index is 410. The lowest BCUT2D eigenvalue weighted by Gasteiger charge is -2.27. The first kappa shape index (κ1) is 14.7. The minimum absolute atomic E-state index is 0.729. The Morgan fingerprint density at radius 1 is 1.20 bits per heavy atom. The van der Waals surface area contributed by atoms with Crippen LogP contribution in [0.5, 0.6) is 0 Å². The average molecular weight is 274 g/mol. The minimum atomic E-state index is 0.729. The standard InChI is InChI=1S/C16H26N4/c1-19(15-9-4-2-5-10-15)12-8-11-18-16(17)20-13-6-3-7-14-20/h2,4-5,9-10H,3,6-8,11-14H2,1H3,(H2,17,18). The highest BCUT2D eigenvalue weighted by molar-refractivity contribution is 5.78. The summed E-state index contributed by atoms with van der Waals surface area (Å²) in [7, 11) is 2.12. The van der Waals surface area contributed by atoms with Crippen molar-refractivity contribution < 1.29 is 0 Å². The van der Waals surface area contributed by atoms with Crippen LogP contribution in [0.1, 0.15) is 25.7 Å². The van der Waals surface area contributed by atoms with Crippen molar-refractivity contribution in [2.45, 2.75) is 25.7 Å². The normalized spacial score (nSPS) is 16.2. The maximum Gasteiger partial charge on any atom is 0.191 e. The van der Waals surface area contributed by atoms with E-state index >= 15 is 0 Å². The number of aliphatic imine (C=N–C) groups is 1. The van der Waals surface area contributed by atoms with E-state index in [0.29, 0.717) is 0 Å². The molecule has 1 aliphatic heterocycles. The maximum absolute atomic E-state index is 6.04. The zero-order chi connectivity index (χ0) is 14.2. The lowest BCUT2D eigenvalue weighted by atomic mass is 10.1. The Morgan fingerprint density at radius 2 is 1.90 bits per heavy atom. The van der Waals surface area contributed by atoms with Gasteiger partial charge in [-0.25, -0.2) is 0 Å². The van der Waals surface area contributed by atoms with Crippen LogP contribution in [0.2, 0.25) is 0 Å². The predicted octanol–water partition coefficient (Wildman–Crippen LogP) is 2.31. The van der Waals surface area contributed by atoms with Crippen molar-refractivity contribution in [1.29, 1.82) is 0 Å². The molecule has 2 rings (SSSR count). The number of piperidine rings is 1. The molecule has 1 saturated heterocycles. The molecule has 0 unspecified atom stereocenters. The van der Waals surface area contributed by atoms with E-state index < -0.39 is 0 Å². The molecule has 1 fully saturated rings. The van der Waals surface area contributed by atoms with E-state index in [0.717, 1.165) is 38.6 Å². The summed E-state index contributed by atoms with van der Waals surface area (Å²) in [6.45, 7) is 3.94. The number of hydrogen-bond acceptors (Lipinski definition) is 2. The van der Waals surface area contributed by atoms with E-state index in [9.17, 15) is 0 Å². The van der Waals surface area contributed by atoms with Gasteiger partial charge in [0.15, 0.2) is 5.96 Å². The summed E-state index contributed by atoms with van der Waals surface area (Å²) >= 11 is 0. The van der Waals surface area contributed by atoms with Gasteiger partial charge in [-0.05, 0) is 37.8 Å². The summed E-state index contributed by atoms with van der Waals surface area (Å²) in [6.07, 6.45) is 4.84. The second-order valence-corrected chi connectivity index (χ2v) is 5.40. The van der Waals surface area contributed by atoms with E-state index in [1.54, 1.807) is 0 Å². The molecule has 20 heavy (non-hydrogen) atoms. The largest absolute Gasteiger partial charge is 0.375 e. The van der Waals surface area contributed by atoms with E-state index in [1.165, 1.54) is 24.9 Å². The van der Waals surface area contributed by atoms with Crippen LogP contribution < -0.4 is 10.6 Å². The molecule has 4 nitrogen and oxygen atoms in total. The number of nitrogens with two attached hydrogens (primary N) is 1. The SMILES string of the molecule is CN(CCCN=C(N)N1CCCCC1)c1ccccc1. The number of anilines is 1. The molecule has 1 aromatic rings. The highest BCUT2D eigenvalue weighted by Gasteiger charge is 2.11.